The Morgan fingerprint density at radius 2 is 1.87 bits per heavy atom. The fraction of sp³-hybridized carbons (Fsp3) is 0.500. The lowest BCUT2D eigenvalue weighted by Crippen LogP contribution is -2.42. The van der Waals surface area contributed by atoms with Crippen LogP contribution in [-0.4, -0.2) is 64.4 Å². The van der Waals surface area contributed by atoms with Crippen molar-refractivity contribution >= 4 is 23.6 Å². The highest BCUT2D eigenvalue weighted by Gasteiger charge is 2.26. The molecule has 0 spiro atoms. The van der Waals surface area contributed by atoms with Crippen molar-refractivity contribution in [2.45, 2.75) is 52.1 Å². The lowest BCUT2D eigenvalue weighted by Gasteiger charge is -2.23. The van der Waals surface area contributed by atoms with Crippen LogP contribution in [-0.2, 0) is 30.5 Å². The molecule has 1 aromatic rings. The van der Waals surface area contributed by atoms with Crippen molar-refractivity contribution in [1.29, 1.82) is 0 Å². The number of ketones is 1. The molecule has 1 rings (SSSR count). The summed E-state index contributed by atoms with van der Waals surface area (Å²) in [6, 6.07) is 2.15. The van der Waals surface area contributed by atoms with Crippen LogP contribution in [0.3, 0.4) is 0 Å². The Labute approximate surface area is 174 Å². The average molecular weight is 424 g/mol. The molecule has 10 heteroatoms. The molecule has 166 valence electrons. The van der Waals surface area contributed by atoms with Gasteiger partial charge in [-0.05, 0) is 37.7 Å². The molecule has 0 bridgehead atoms. The number of amides is 1. The van der Waals surface area contributed by atoms with Crippen molar-refractivity contribution in [2.75, 3.05) is 13.6 Å². The summed E-state index contributed by atoms with van der Waals surface area (Å²) in [4.78, 5) is 57.9. The highest BCUT2D eigenvalue weighted by Crippen LogP contribution is 2.28. The Bertz CT molecular complexity index is 780. The van der Waals surface area contributed by atoms with E-state index in [2.05, 4.69) is 5.32 Å². The van der Waals surface area contributed by atoms with E-state index in [1.54, 1.807) is 18.9 Å². The molecule has 30 heavy (non-hydrogen) atoms. The summed E-state index contributed by atoms with van der Waals surface area (Å²) in [5, 5.41) is 21.7. The van der Waals surface area contributed by atoms with Gasteiger partial charge in [0, 0.05) is 19.8 Å². The molecule has 1 amide bonds. The number of carboxylic acids is 1. The molecular weight excluding hydrogens is 396 g/mol. The Balaban J connectivity index is 2.90. The highest BCUT2D eigenvalue weighted by atomic mass is 17.2. The maximum atomic E-state index is 12.2. The summed E-state index contributed by atoms with van der Waals surface area (Å²) in [7, 11) is 1.68. The quantitative estimate of drug-likeness (QED) is 0.331. The van der Waals surface area contributed by atoms with Gasteiger partial charge in [-0.15, -0.1) is 0 Å². The number of carbonyl (C=O) groups is 4. The number of nitrogens with one attached hydrogen (secondary N) is 1. The van der Waals surface area contributed by atoms with Crippen LogP contribution in [0.4, 0.5) is 0 Å². The number of hydrogen-bond donors (Lipinski definition) is 3. The molecular formula is C20H28N2O8. The summed E-state index contributed by atoms with van der Waals surface area (Å²) in [6.45, 7) is 5.17. The normalized spacial score (nSPS) is 12.7. The van der Waals surface area contributed by atoms with Gasteiger partial charge in [0.25, 0.3) is 0 Å². The number of likely N-dealkylation sites (N-methyl/N-ethyl adjacent to an activating group) is 1. The number of rotatable bonds is 12. The van der Waals surface area contributed by atoms with Crippen molar-refractivity contribution in [3.8, 4) is 11.5 Å². The topological polar surface area (TPSA) is 142 Å². The minimum Gasteiger partial charge on any atom is -0.504 e. The van der Waals surface area contributed by atoms with Gasteiger partial charge in [-0.1, -0.05) is 19.9 Å². The van der Waals surface area contributed by atoms with Crippen molar-refractivity contribution in [3.63, 3.8) is 0 Å². The first kappa shape index (κ1) is 24.9. The number of aliphatic carboxylic acids is 1. The van der Waals surface area contributed by atoms with Crippen LogP contribution in [0, 0.1) is 0 Å². The molecule has 0 heterocycles. The zero-order valence-corrected chi connectivity index (χ0v) is 17.5. The Kier molecular flexibility index (Phi) is 9.76. The van der Waals surface area contributed by atoms with E-state index in [1.165, 1.54) is 25.1 Å². The number of carbonyl (C=O) groups excluding carboxylic acids is 3. The molecule has 0 radical (unpaired) electrons. The predicted molar refractivity (Wildman–Crippen MR) is 106 cm³/mol. The summed E-state index contributed by atoms with van der Waals surface area (Å²) in [5.41, 5.74) is 0.533. The summed E-state index contributed by atoms with van der Waals surface area (Å²) in [5.74, 6) is -3.32. The first-order valence-corrected chi connectivity index (χ1v) is 9.51. The second kappa shape index (κ2) is 11.8. The number of aromatic hydroxyl groups is 1. The second-order valence-corrected chi connectivity index (χ2v) is 6.77. The molecule has 2 atom stereocenters. The third kappa shape index (κ3) is 7.70. The molecule has 10 nitrogen and oxygen atoms in total. The van der Waals surface area contributed by atoms with Gasteiger partial charge in [-0.3, -0.25) is 24.2 Å². The lowest BCUT2D eigenvalue weighted by atomic mass is 10.0. The van der Waals surface area contributed by atoms with E-state index in [0.717, 1.165) is 0 Å². The van der Waals surface area contributed by atoms with E-state index in [9.17, 15) is 29.4 Å². The molecule has 1 aromatic carbocycles. The number of Topliss-reactive ketones (excluding diaryl/α,β-unsaturated/α-hetero) is 1. The van der Waals surface area contributed by atoms with Crippen molar-refractivity contribution in [2.24, 2.45) is 0 Å². The second-order valence-electron chi connectivity index (χ2n) is 6.77. The van der Waals surface area contributed by atoms with Gasteiger partial charge in [0.2, 0.25) is 11.7 Å². The molecule has 0 aliphatic carbocycles. The molecule has 0 aliphatic heterocycles. The first-order valence-electron chi connectivity index (χ1n) is 9.51. The molecule has 3 N–H and O–H groups in total. The number of benzene rings is 1. The van der Waals surface area contributed by atoms with Crippen molar-refractivity contribution in [1.82, 2.24) is 10.2 Å². The van der Waals surface area contributed by atoms with Crippen LogP contribution in [0.1, 0.15) is 39.2 Å². The standard InChI is InChI=1S/C20H28N2O8/c1-5-14(24)11-15(21-12(3)23)20(28)30-29-18-10-13(7-8-17(18)25)9-16(19(26)27)22(4)6-2/h7-8,10,15-16,25H,5-6,9,11H2,1-4H3,(H,21,23)(H,26,27). The summed E-state index contributed by atoms with van der Waals surface area (Å²) < 4.78 is 0. The van der Waals surface area contributed by atoms with E-state index >= 15 is 0 Å². The van der Waals surface area contributed by atoms with E-state index in [0.29, 0.717) is 12.1 Å². The smallest absolute Gasteiger partial charge is 0.377 e. The average Bonchev–Trinajstić information content (AvgIpc) is 2.69. The number of phenolic OH excluding ortho intramolecular Hbond substituents is 1. The van der Waals surface area contributed by atoms with Crippen molar-refractivity contribution < 1.29 is 39.2 Å². The van der Waals surface area contributed by atoms with Gasteiger partial charge >= 0.3 is 11.9 Å². The SMILES string of the molecule is CCC(=O)CC(NC(C)=O)C(=O)OOc1cc(CC(C(=O)O)N(C)CC)ccc1O. The van der Waals surface area contributed by atoms with Crippen LogP contribution in [0.5, 0.6) is 11.5 Å². The maximum absolute atomic E-state index is 12.2. The maximum Gasteiger partial charge on any atom is 0.377 e. The first-order chi connectivity index (χ1) is 14.1. The van der Waals surface area contributed by atoms with E-state index in [1.807, 2.05) is 6.92 Å². The number of hydrogen-bond acceptors (Lipinski definition) is 8. The fourth-order valence-corrected chi connectivity index (χ4v) is 2.58. The molecule has 0 aromatic heterocycles. The highest BCUT2D eigenvalue weighted by molar-refractivity contribution is 5.89. The lowest BCUT2D eigenvalue weighted by molar-refractivity contribution is -0.217. The van der Waals surface area contributed by atoms with E-state index in [-0.39, 0.29) is 36.5 Å². The van der Waals surface area contributed by atoms with Crippen LogP contribution < -0.4 is 10.2 Å². The summed E-state index contributed by atoms with van der Waals surface area (Å²) >= 11 is 0. The van der Waals surface area contributed by atoms with Crippen LogP contribution in [0.15, 0.2) is 18.2 Å². The van der Waals surface area contributed by atoms with Gasteiger partial charge in [0.1, 0.15) is 17.9 Å². The minimum absolute atomic E-state index is 0.129. The Morgan fingerprint density at radius 1 is 1.20 bits per heavy atom. The van der Waals surface area contributed by atoms with Gasteiger partial charge < -0.3 is 15.5 Å². The van der Waals surface area contributed by atoms with Gasteiger partial charge in [-0.2, -0.15) is 0 Å². The van der Waals surface area contributed by atoms with Crippen molar-refractivity contribution in [3.05, 3.63) is 23.8 Å². The van der Waals surface area contributed by atoms with Gasteiger partial charge in [-0.25, -0.2) is 9.68 Å². The molecule has 0 saturated carbocycles. The molecule has 0 fully saturated rings. The van der Waals surface area contributed by atoms with Crippen LogP contribution in [0.25, 0.3) is 0 Å². The van der Waals surface area contributed by atoms with Crippen LogP contribution in [0.2, 0.25) is 0 Å². The largest absolute Gasteiger partial charge is 0.504 e. The third-order valence-corrected chi connectivity index (χ3v) is 4.47. The third-order valence-electron chi connectivity index (χ3n) is 4.47. The molecule has 2 unspecified atom stereocenters. The monoisotopic (exact) mass is 424 g/mol. The Morgan fingerprint density at radius 3 is 2.40 bits per heavy atom. The van der Waals surface area contributed by atoms with Crippen LogP contribution >= 0.6 is 0 Å². The predicted octanol–water partition coefficient (Wildman–Crippen LogP) is 1.05. The summed E-state index contributed by atoms with van der Waals surface area (Å²) in [6.07, 6.45) is 0.0573. The van der Waals surface area contributed by atoms with Gasteiger partial charge in [0.05, 0.1) is 0 Å². The number of nitrogens with zero attached hydrogens (tertiary/aromatic N) is 1. The van der Waals surface area contributed by atoms with E-state index < -0.39 is 29.9 Å². The van der Waals surface area contributed by atoms with E-state index in [4.69, 9.17) is 9.78 Å². The Hall–Kier alpha value is -3.14. The molecule has 0 saturated heterocycles. The zero-order valence-electron chi connectivity index (χ0n) is 17.5. The number of carboxylic acid groups (broad SMARTS) is 1. The fourth-order valence-electron chi connectivity index (χ4n) is 2.58. The zero-order chi connectivity index (χ0) is 22.8. The number of phenols is 1. The minimum atomic E-state index is -1.23. The molecule has 0 aliphatic rings. The van der Waals surface area contributed by atoms with Gasteiger partial charge in [0.15, 0.2) is 5.75 Å².